The number of carboxylic acid groups (broad SMARTS) is 1. The Hall–Kier alpha value is -1.40. The van der Waals surface area contributed by atoms with Gasteiger partial charge in [0, 0.05) is 11.8 Å². The summed E-state index contributed by atoms with van der Waals surface area (Å²) < 4.78 is 0. The molecule has 5 atom stereocenters. The molecule has 2 aliphatic rings. The highest BCUT2D eigenvalue weighted by atomic mass is 16.6. The molecule has 3 unspecified atom stereocenters. The maximum absolute atomic E-state index is 10.4. The number of unbranched alkanes of at least 4 members (excludes halogenated alkanes) is 4. The number of carboxylic acids is 1. The minimum Gasteiger partial charge on any atom is -0.481 e. The molecule has 0 amide bonds. The molecule has 26 heavy (non-hydrogen) atoms. The second kappa shape index (κ2) is 10.7. The molecule has 0 radical (unpaired) electrons. The molecular formula is C20H33NO5. The average molecular weight is 367 g/mol. The maximum Gasteiger partial charge on any atom is 0.306 e. The summed E-state index contributed by atoms with van der Waals surface area (Å²) in [5.74, 6) is -0.273. The number of aliphatic carboxylic acids is 1. The van der Waals surface area contributed by atoms with Crippen LogP contribution in [0.4, 0.5) is 0 Å². The summed E-state index contributed by atoms with van der Waals surface area (Å²) in [6.45, 7) is 2.27. The first-order chi connectivity index (χ1) is 12.5. The van der Waals surface area contributed by atoms with Gasteiger partial charge in [0.25, 0.3) is 0 Å². The lowest BCUT2D eigenvalue weighted by molar-refractivity contribution is -0.138. The molecule has 148 valence electrons. The zero-order valence-corrected chi connectivity index (χ0v) is 15.7. The van der Waals surface area contributed by atoms with Crippen LogP contribution in [0.5, 0.6) is 0 Å². The van der Waals surface area contributed by atoms with Gasteiger partial charge in [-0.15, -0.1) is 0 Å². The van der Waals surface area contributed by atoms with Crippen molar-refractivity contribution in [3.63, 3.8) is 0 Å². The Balaban J connectivity index is 1.71. The van der Waals surface area contributed by atoms with Gasteiger partial charge in [-0.1, -0.05) is 56.3 Å². The van der Waals surface area contributed by atoms with Crippen LogP contribution in [0.3, 0.4) is 0 Å². The second-order valence-electron chi connectivity index (χ2n) is 7.57. The molecule has 0 spiro atoms. The van der Waals surface area contributed by atoms with Crippen molar-refractivity contribution in [2.75, 3.05) is 6.61 Å². The summed E-state index contributed by atoms with van der Waals surface area (Å²) in [4.78, 5) is 15.5. The number of rotatable bonds is 12. The van der Waals surface area contributed by atoms with Crippen molar-refractivity contribution in [2.24, 2.45) is 22.9 Å². The van der Waals surface area contributed by atoms with Gasteiger partial charge in [0.15, 0.2) is 0 Å². The fraction of sp³-hybridized carbons (Fsp3) is 0.800. The summed E-state index contributed by atoms with van der Waals surface area (Å²) >= 11 is 0. The van der Waals surface area contributed by atoms with E-state index in [0.717, 1.165) is 31.4 Å². The van der Waals surface area contributed by atoms with E-state index in [2.05, 4.69) is 12.1 Å². The van der Waals surface area contributed by atoms with Crippen molar-refractivity contribution >= 4 is 11.7 Å². The van der Waals surface area contributed by atoms with Gasteiger partial charge in [-0.3, -0.25) is 4.79 Å². The van der Waals surface area contributed by atoms with E-state index in [-0.39, 0.29) is 24.9 Å². The van der Waals surface area contributed by atoms with Gasteiger partial charge in [0.2, 0.25) is 0 Å². The first-order valence-electron chi connectivity index (χ1n) is 9.97. The van der Waals surface area contributed by atoms with Crippen LogP contribution in [0.15, 0.2) is 17.3 Å². The van der Waals surface area contributed by atoms with Crippen LogP contribution in [-0.2, 0) is 9.63 Å². The third kappa shape index (κ3) is 6.09. The lowest BCUT2D eigenvalue weighted by Gasteiger charge is -2.34. The monoisotopic (exact) mass is 367 g/mol. The molecule has 6 heteroatoms. The van der Waals surface area contributed by atoms with Gasteiger partial charge < -0.3 is 20.2 Å². The zero-order valence-electron chi connectivity index (χ0n) is 15.7. The Morgan fingerprint density at radius 3 is 2.85 bits per heavy atom. The molecule has 6 nitrogen and oxygen atoms in total. The second-order valence-corrected chi connectivity index (χ2v) is 7.57. The van der Waals surface area contributed by atoms with Crippen LogP contribution in [0.1, 0.15) is 64.7 Å². The van der Waals surface area contributed by atoms with Crippen LogP contribution < -0.4 is 0 Å². The van der Waals surface area contributed by atoms with E-state index in [1.54, 1.807) is 0 Å². The molecule has 0 bridgehead atoms. The molecule has 0 heterocycles. The SMILES string of the molecule is CCCCCCCC(O)C=CC1C(O)C[C@@H]2C(=NOCCC(=O)O)C[C@@H]12. The molecule has 3 N–H and O–H groups in total. The largest absolute Gasteiger partial charge is 0.481 e. The van der Waals surface area contributed by atoms with Crippen LogP contribution in [0.25, 0.3) is 0 Å². The van der Waals surface area contributed by atoms with Crippen molar-refractivity contribution in [1.29, 1.82) is 0 Å². The van der Waals surface area contributed by atoms with Crippen LogP contribution in [0, 0.1) is 17.8 Å². The van der Waals surface area contributed by atoms with E-state index in [4.69, 9.17) is 9.94 Å². The predicted octanol–water partition coefficient (Wildman–Crippen LogP) is 3.13. The normalized spacial score (nSPS) is 30.3. The van der Waals surface area contributed by atoms with Crippen molar-refractivity contribution in [1.82, 2.24) is 0 Å². The number of aliphatic hydroxyl groups excluding tert-OH is 2. The third-order valence-electron chi connectivity index (χ3n) is 5.57. The molecule has 2 saturated carbocycles. The summed E-state index contributed by atoms with van der Waals surface area (Å²) in [5.41, 5.74) is 0.923. The van der Waals surface area contributed by atoms with Crippen molar-refractivity contribution in [3.05, 3.63) is 12.2 Å². The Morgan fingerprint density at radius 1 is 1.35 bits per heavy atom. The van der Waals surface area contributed by atoms with E-state index >= 15 is 0 Å². The van der Waals surface area contributed by atoms with Gasteiger partial charge in [-0.2, -0.15) is 0 Å². The van der Waals surface area contributed by atoms with Crippen LogP contribution >= 0.6 is 0 Å². The summed E-state index contributed by atoms with van der Waals surface area (Å²) in [5, 5.41) is 33.0. The highest BCUT2D eigenvalue weighted by Gasteiger charge is 2.51. The lowest BCUT2D eigenvalue weighted by atomic mass is 9.71. The molecule has 0 aromatic heterocycles. The van der Waals surface area contributed by atoms with Crippen LogP contribution in [-0.4, -0.2) is 45.8 Å². The predicted molar refractivity (Wildman–Crippen MR) is 99.9 cm³/mol. The van der Waals surface area contributed by atoms with Gasteiger partial charge >= 0.3 is 5.97 Å². The van der Waals surface area contributed by atoms with E-state index in [0.29, 0.717) is 12.3 Å². The number of aliphatic hydroxyl groups is 2. The molecule has 0 saturated heterocycles. The fourth-order valence-corrected chi connectivity index (χ4v) is 3.99. The Kier molecular flexibility index (Phi) is 8.59. The molecule has 2 fully saturated rings. The van der Waals surface area contributed by atoms with E-state index in [9.17, 15) is 15.0 Å². The minimum absolute atomic E-state index is 0.0603. The minimum atomic E-state index is -0.901. The molecule has 0 aliphatic heterocycles. The van der Waals surface area contributed by atoms with Gasteiger partial charge in [0.05, 0.1) is 24.3 Å². The average Bonchev–Trinajstić information content (AvgIpc) is 2.83. The number of hydrogen-bond donors (Lipinski definition) is 3. The Bertz CT molecular complexity index is 504. The van der Waals surface area contributed by atoms with Crippen molar-refractivity contribution < 1.29 is 25.0 Å². The van der Waals surface area contributed by atoms with E-state index in [1.807, 2.05) is 12.2 Å². The van der Waals surface area contributed by atoms with Crippen molar-refractivity contribution in [3.8, 4) is 0 Å². The summed E-state index contributed by atoms with van der Waals surface area (Å²) in [6, 6.07) is 0. The number of fused-ring (bicyclic) bond motifs is 1. The Morgan fingerprint density at radius 2 is 2.12 bits per heavy atom. The van der Waals surface area contributed by atoms with Crippen molar-refractivity contribution in [2.45, 2.75) is 76.9 Å². The third-order valence-corrected chi connectivity index (χ3v) is 5.57. The maximum atomic E-state index is 10.4. The highest BCUT2D eigenvalue weighted by Crippen LogP contribution is 2.49. The van der Waals surface area contributed by atoms with Gasteiger partial charge in [0.1, 0.15) is 6.61 Å². The standard InChI is InChI=1S/C20H33NO5/c1-2-3-4-5-6-7-14(22)8-9-15-16-12-18(17(16)13-19(15)23)21-26-11-10-20(24)25/h8-9,14-17,19,22-23H,2-7,10-13H2,1H3,(H,24,25)/t14?,15?,16-,17-,19?/m0/s1. The molecule has 0 aromatic carbocycles. The van der Waals surface area contributed by atoms with E-state index < -0.39 is 18.2 Å². The number of carbonyl (C=O) groups is 1. The first-order valence-corrected chi connectivity index (χ1v) is 9.97. The number of oxime groups is 1. The Labute approximate surface area is 155 Å². The lowest BCUT2D eigenvalue weighted by Crippen LogP contribution is -2.36. The summed E-state index contributed by atoms with van der Waals surface area (Å²) in [7, 11) is 0. The quantitative estimate of drug-likeness (QED) is 0.280. The number of nitrogens with zero attached hydrogens (tertiary/aromatic N) is 1. The highest BCUT2D eigenvalue weighted by molar-refractivity contribution is 5.93. The number of hydrogen-bond acceptors (Lipinski definition) is 5. The summed E-state index contributed by atoms with van der Waals surface area (Å²) in [6.07, 6.45) is 11.0. The molecule has 0 aromatic rings. The topological polar surface area (TPSA) is 99.4 Å². The smallest absolute Gasteiger partial charge is 0.306 e. The molecular weight excluding hydrogens is 334 g/mol. The molecule has 2 rings (SSSR count). The first kappa shape index (κ1) is 20.9. The zero-order chi connectivity index (χ0) is 18.9. The van der Waals surface area contributed by atoms with Crippen LogP contribution in [0.2, 0.25) is 0 Å². The van der Waals surface area contributed by atoms with E-state index in [1.165, 1.54) is 19.3 Å². The molecule has 2 aliphatic carbocycles. The van der Waals surface area contributed by atoms with Gasteiger partial charge in [-0.05, 0) is 25.2 Å². The fourth-order valence-electron chi connectivity index (χ4n) is 3.99. The van der Waals surface area contributed by atoms with Gasteiger partial charge in [-0.25, -0.2) is 0 Å².